The molecule has 1 amide bonds. The van der Waals surface area contributed by atoms with Crippen LogP contribution in [0.2, 0.25) is 0 Å². The zero-order valence-electron chi connectivity index (χ0n) is 11.7. The van der Waals surface area contributed by atoms with Crippen LogP contribution in [0, 0.1) is 17.7 Å². The second-order valence-corrected chi connectivity index (χ2v) is 4.93. The summed E-state index contributed by atoms with van der Waals surface area (Å²) in [5, 5.41) is 11.2. The van der Waals surface area contributed by atoms with Crippen LogP contribution >= 0.6 is 0 Å². The fourth-order valence-electron chi connectivity index (χ4n) is 1.47. The van der Waals surface area contributed by atoms with Gasteiger partial charge in [-0.1, -0.05) is 20.8 Å². The average Bonchev–Trinajstić information content (AvgIpc) is 2.38. The topological polar surface area (TPSA) is 66.4 Å². The summed E-state index contributed by atoms with van der Waals surface area (Å²) in [5.74, 6) is -1.83. The van der Waals surface area contributed by atoms with Gasteiger partial charge in [0.1, 0.15) is 5.82 Å². The lowest BCUT2D eigenvalue weighted by Crippen LogP contribution is -2.24. The van der Waals surface area contributed by atoms with Crippen LogP contribution in [0.15, 0.2) is 24.3 Å². The second-order valence-electron chi connectivity index (χ2n) is 4.93. The van der Waals surface area contributed by atoms with Crippen LogP contribution in [-0.4, -0.2) is 17.0 Å². The number of halogens is 1. The Morgan fingerprint density at radius 2 is 1.95 bits per heavy atom. The zero-order chi connectivity index (χ0) is 15.3. The molecule has 0 bridgehead atoms. The van der Waals surface area contributed by atoms with E-state index in [1.54, 1.807) is 0 Å². The highest BCUT2D eigenvalue weighted by atomic mass is 19.1. The molecule has 0 aliphatic rings. The number of carbonyl (C=O) groups excluding carboxylic acids is 1. The maximum atomic E-state index is 13.5. The van der Waals surface area contributed by atoms with Crippen molar-refractivity contribution in [3.05, 3.63) is 35.7 Å². The predicted molar refractivity (Wildman–Crippen MR) is 75.7 cm³/mol. The number of carboxylic acids is 1. The molecule has 0 heterocycles. The summed E-state index contributed by atoms with van der Waals surface area (Å²) in [6.45, 7) is 5.70. The molecule has 0 aliphatic heterocycles. The van der Waals surface area contributed by atoms with Gasteiger partial charge in [0.25, 0.3) is 0 Å². The summed E-state index contributed by atoms with van der Waals surface area (Å²) in [4.78, 5) is 22.3. The molecule has 2 N–H and O–H groups in total. The fraction of sp³-hybridized carbons (Fsp3) is 0.333. The van der Waals surface area contributed by atoms with Gasteiger partial charge in [-0.05, 0) is 30.2 Å². The van der Waals surface area contributed by atoms with Crippen molar-refractivity contribution in [1.82, 2.24) is 0 Å². The Balaban J connectivity index is 2.90. The number of rotatable bonds is 5. The van der Waals surface area contributed by atoms with Crippen LogP contribution in [0.3, 0.4) is 0 Å². The molecular formula is C15H18FNO3. The predicted octanol–water partition coefficient (Wildman–Crippen LogP) is 3.15. The molecule has 0 saturated carbocycles. The number of carboxylic acid groups (broad SMARTS) is 1. The first-order chi connectivity index (χ1) is 9.31. The van der Waals surface area contributed by atoms with Crippen molar-refractivity contribution in [3.63, 3.8) is 0 Å². The maximum absolute atomic E-state index is 13.5. The van der Waals surface area contributed by atoms with Crippen LogP contribution in [0.1, 0.15) is 26.3 Å². The van der Waals surface area contributed by atoms with Gasteiger partial charge in [-0.2, -0.15) is 0 Å². The van der Waals surface area contributed by atoms with Crippen molar-refractivity contribution in [3.8, 4) is 0 Å². The van der Waals surface area contributed by atoms with Crippen LogP contribution in [-0.2, 0) is 9.59 Å². The molecule has 0 radical (unpaired) electrons. The van der Waals surface area contributed by atoms with Crippen molar-refractivity contribution in [2.75, 3.05) is 5.32 Å². The molecule has 1 aromatic carbocycles. The lowest BCUT2D eigenvalue weighted by molar-refractivity contribution is -0.131. The van der Waals surface area contributed by atoms with Gasteiger partial charge in [-0.25, -0.2) is 9.18 Å². The Hall–Kier alpha value is -2.17. The van der Waals surface area contributed by atoms with E-state index in [9.17, 15) is 14.0 Å². The molecule has 0 saturated heterocycles. The van der Waals surface area contributed by atoms with E-state index in [0.29, 0.717) is 5.69 Å². The van der Waals surface area contributed by atoms with Crippen molar-refractivity contribution in [2.45, 2.75) is 20.8 Å². The standard InChI is InChI=1S/C15H18FNO3/c1-9(2)10(3)15(20)17-12-5-6-13(16)11(8-12)4-7-14(18)19/h4-10H,1-3H3,(H,17,20)(H,18,19)/b7-4+. The molecule has 0 spiro atoms. The summed E-state index contributed by atoms with van der Waals surface area (Å²) >= 11 is 0. The molecule has 0 aliphatic carbocycles. The van der Waals surface area contributed by atoms with E-state index in [1.807, 2.05) is 20.8 Å². The summed E-state index contributed by atoms with van der Waals surface area (Å²) < 4.78 is 13.5. The van der Waals surface area contributed by atoms with Gasteiger partial charge >= 0.3 is 5.97 Å². The molecule has 0 fully saturated rings. The van der Waals surface area contributed by atoms with Gasteiger partial charge in [0.05, 0.1) is 0 Å². The average molecular weight is 279 g/mol. The zero-order valence-corrected chi connectivity index (χ0v) is 11.7. The van der Waals surface area contributed by atoms with Gasteiger partial charge in [-0.15, -0.1) is 0 Å². The summed E-state index contributed by atoms with van der Waals surface area (Å²) in [6, 6.07) is 4.04. The van der Waals surface area contributed by atoms with Crippen LogP contribution in [0.5, 0.6) is 0 Å². The molecule has 20 heavy (non-hydrogen) atoms. The van der Waals surface area contributed by atoms with Crippen molar-refractivity contribution in [1.29, 1.82) is 0 Å². The second kappa shape index (κ2) is 6.84. The summed E-state index contributed by atoms with van der Waals surface area (Å²) in [5.41, 5.74) is 0.552. The molecule has 1 unspecified atom stereocenters. The minimum absolute atomic E-state index is 0.113. The minimum Gasteiger partial charge on any atom is -0.478 e. The molecule has 1 rings (SSSR count). The largest absolute Gasteiger partial charge is 0.478 e. The van der Waals surface area contributed by atoms with E-state index in [2.05, 4.69) is 5.32 Å². The number of carbonyl (C=O) groups is 2. The van der Waals surface area contributed by atoms with Crippen molar-refractivity contribution >= 4 is 23.6 Å². The number of benzene rings is 1. The van der Waals surface area contributed by atoms with E-state index < -0.39 is 11.8 Å². The third kappa shape index (κ3) is 4.50. The smallest absolute Gasteiger partial charge is 0.328 e. The normalized spacial score (nSPS) is 12.7. The van der Waals surface area contributed by atoms with Gasteiger partial charge < -0.3 is 10.4 Å². The highest BCUT2D eigenvalue weighted by Crippen LogP contribution is 2.18. The lowest BCUT2D eigenvalue weighted by Gasteiger charge is -2.15. The Kier molecular flexibility index (Phi) is 5.43. The van der Waals surface area contributed by atoms with Gasteiger partial charge in [0.2, 0.25) is 5.91 Å². The number of nitrogens with one attached hydrogen (secondary N) is 1. The number of aliphatic carboxylic acids is 1. The minimum atomic E-state index is -1.16. The van der Waals surface area contributed by atoms with Crippen LogP contribution < -0.4 is 5.32 Å². The SMILES string of the molecule is CC(C)C(C)C(=O)Nc1ccc(F)c(/C=C/C(=O)O)c1. The number of hydrogen-bond acceptors (Lipinski definition) is 2. The molecule has 108 valence electrons. The monoisotopic (exact) mass is 279 g/mol. The van der Waals surface area contributed by atoms with Gasteiger partial charge in [-0.3, -0.25) is 4.79 Å². The molecule has 0 aromatic heterocycles. The van der Waals surface area contributed by atoms with E-state index in [1.165, 1.54) is 18.2 Å². The Labute approximate surface area is 117 Å². The van der Waals surface area contributed by atoms with Crippen molar-refractivity contribution < 1.29 is 19.1 Å². The molecular weight excluding hydrogens is 261 g/mol. The molecule has 1 atom stereocenters. The van der Waals surface area contributed by atoms with E-state index in [0.717, 1.165) is 12.2 Å². The molecule has 1 aromatic rings. The van der Waals surface area contributed by atoms with E-state index in [-0.39, 0.29) is 23.3 Å². The van der Waals surface area contributed by atoms with Gasteiger partial charge in [0.15, 0.2) is 0 Å². The van der Waals surface area contributed by atoms with Crippen LogP contribution in [0.4, 0.5) is 10.1 Å². The Bertz CT molecular complexity index is 538. The third-order valence-corrected chi connectivity index (χ3v) is 3.08. The quantitative estimate of drug-likeness (QED) is 0.814. The maximum Gasteiger partial charge on any atom is 0.328 e. The first-order valence-corrected chi connectivity index (χ1v) is 6.32. The first kappa shape index (κ1) is 15.9. The lowest BCUT2D eigenvalue weighted by atomic mass is 9.97. The number of amides is 1. The van der Waals surface area contributed by atoms with E-state index in [4.69, 9.17) is 5.11 Å². The van der Waals surface area contributed by atoms with Crippen molar-refractivity contribution in [2.24, 2.45) is 11.8 Å². The summed E-state index contributed by atoms with van der Waals surface area (Å²) in [6.07, 6.45) is 2.00. The first-order valence-electron chi connectivity index (χ1n) is 6.32. The fourth-order valence-corrected chi connectivity index (χ4v) is 1.47. The molecule has 5 heteroatoms. The highest BCUT2D eigenvalue weighted by molar-refractivity contribution is 5.93. The highest BCUT2D eigenvalue weighted by Gasteiger charge is 2.16. The van der Waals surface area contributed by atoms with E-state index >= 15 is 0 Å². The number of hydrogen-bond donors (Lipinski definition) is 2. The Morgan fingerprint density at radius 3 is 2.50 bits per heavy atom. The summed E-state index contributed by atoms with van der Waals surface area (Å²) in [7, 11) is 0. The number of anilines is 1. The molecule has 4 nitrogen and oxygen atoms in total. The van der Waals surface area contributed by atoms with Crippen LogP contribution in [0.25, 0.3) is 6.08 Å². The third-order valence-electron chi connectivity index (χ3n) is 3.08. The Morgan fingerprint density at radius 1 is 1.30 bits per heavy atom. The van der Waals surface area contributed by atoms with Gasteiger partial charge in [0, 0.05) is 23.2 Å².